The second-order valence-electron chi connectivity index (χ2n) is 7.26. The van der Waals surface area contributed by atoms with Gasteiger partial charge in [0.05, 0.1) is 0 Å². The number of carbonyl (C=O) groups excluding carboxylic acids is 1. The number of ether oxygens (including phenoxy) is 1. The Hall–Kier alpha value is -1.53. The quantitative estimate of drug-likeness (QED) is 0.444. The molecule has 130 valence electrons. The van der Waals surface area contributed by atoms with Crippen LogP contribution in [0.1, 0.15) is 40.0 Å². The number of piperazine rings is 1. The molecule has 1 saturated heterocycles. The normalized spacial score (nSPS) is 29.7. The monoisotopic (exact) mass is 327 g/mol. The number of nitrogens with zero attached hydrogens (tertiary/aromatic N) is 5. The summed E-state index contributed by atoms with van der Waals surface area (Å²) in [5.74, 6) is 0. The van der Waals surface area contributed by atoms with E-state index < -0.39 is 11.8 Å². The first-order valence-electron chi connectivity index (χ1n) is 8.20. The van der Waals surface area contributed by atoms with Crippen molar-refractivity contribution in [2.45, 2.75) is 63.9 Å². The van der Waals surface area contributed by atoms with E-state index in [9.17, 15) is 9.18 Å². The van der Waals surface area contributed by atoms with Gasteiger partial charge in [0.2, 0.25) is 0 Å². The molecular weight excluding hydrogens is 301 g/mol. The third-order valence-electron chi connectivity index (χ3n) is 4.36. The average molecular weight is 327 g/mol. The van der Waals surface area contributed by atoms with E-state index in [1.165, 1.54) is 0 Å². The third-order valence-corrected chi connectivity index (χ3v) is 4.36. The zero-order valence-corrected chi connectivity index (χ0v) is 14.1. The predicted octanol–water partition coefficient (Wildman–Crippen LogP) is 3.11. The highest BCUT2D eigenvalue weighted by atomic mass is 19.1. The number of rotatable bonds is 2. The largest absolute Gasteiger partial charge is 0.444 e. The molecule has 1 aliphatic carbocycles. The summed E-state index contributed by atoms with van der Waals surface area (Å²) < 4.78 is 19.7. The Morgan fingerprint density at radius 1 is 1.26 bits per heavy atom. The maximum absolute atomic E-state index is 14.4. The molecule has 2 rings (SSSR count). The van der Waals surface area contributed by atoms with Crippen molar-refractivity contribution in [3.05, 3.63) is 10.4 Å². The maximum Gasteiger partial charge on any atom is 0.410 e. The van der Waals surface area contributed by atoms with E-state index in [1.54, 1.807) is 4.90 Å². The van der Waals surface area contributed by atoms with E-state index in [0.29, 0.717) is 39.0 Å². The minimum absolute atomic E-state index is 0.138. The molecule has 2 aliphatic rings. The van der Waals surface area contributed by atoms with Crippen LogP contribution in [-0.4, -0.2) is 65.9 Å². The summed E-state index contributed by atoms with van der Waals surface area (Å²) in [6, 6.07) is -0.366. The molecule has 7 nitrogen and oxygen atoms in total. The van der Waals surface area contributed by atoms with E-state index in [-0.39, 0.29) is 18.2 Å². The smallest absolute Gasteiger partial charge is 0.410 e. The van der Waals surface area contributed by atoms with Gasteiger partial charge in [-0.3, -0.25) is 4.90 Å². The molecular formula is C15H26FN5O2. The lowest BCUT2D eigenvalue weighted by Crippen LogP contribution is -2.56. The van der Waals surface area contributed by atoms with Crippen molar-refractivity contribution in [3.63, 3.8) is 0 Å². The molecule has 1 saturated carbocycles. The number of carbonyl (C=O) groups is 1. The number of amides is 1. The summed E-state index contributed by atoms with van der Waals surface area (Å²) in [6.07, 6.45) is 0.424. The molecule has 1 heterocycles. The first-order valence-corrected chi connectivity index (χ1v) is 8.20. The topological polar surface area (TPSA) is 81.5 Å². The van der Waals surface area contributed by atoms with Crippen LogP contribution in [0.4, 0.5) is 9.18 Å². The lowest BCUT2D eigenvalue weighted by atomic mass is 9.88. The summed E-state index contributed by atoms with van der Waals surface area (Å²) in [6.45, 7) is 7.94. The molecule has 1 aliphatic heterocycles. The van der Waals surface area contributed by atoms with Gasteiger partial charge in [-0.05, 0) is 45.6 Å². The predicted molar refractivity (Wildman–Crippen MR) is 84.8 cm³/mol. The van der Waals surface area contributed by atoms with Gasteiger partial charge < -0.3 is 9.64 Å². The van der Waals surface area contributed by atoms with Crippen LogP contribution in [0.3, 0.4) is 0 Å². The molecule has 3 unspecified atom stereocenters. The minimum atomic E-state index is -0.979. The molecule has 23 heavy (non-hydrogen) atoms. The van der Waals surface area contributed by atoms with Crippen LogP contribution < -0.4 is 0 Å². The first-order chi connectivity index (χ1) is 10.8. The molecule has 0 aromatic heterocycles. The SMILES string of the molecule is CC(C)(C)OC(=O)N1CCN(C2CCC(N=[N+]=[N-])CC2F)CC1. The summed E-state index contributed by atoms with van der Waals surface area (Å²) in [5, 5.41) is 3.64. The highest BCUT2D eigenvalue weighted by molar-refractivity contribution is 5.68. The van der Waals surface area contributed by atoms with Gasteiger partial charge >= 0.3 is 6.09 Å². The average Bonchev–Trinajstić information content (AvgIpc) is 2.46. The fraction of sp³-hybridized carbons (Fsp3) is 0.933. The number of hydrogen-bond donors (Lipinski definition) is 0. The molecule has 2 fully saturated rings. The zero-order chi connectivity index (χ0) is 17.0. The van der Waals surface area contributed by atoms with Crippen molar-refractivity contribution in [1.82, 2.24) is 9.80 Å². The second kappa shape index (κ2) is 7.36. The van der Waals surface area contributed by atoms with Gasteiger partial charge in [0, 0.05) is 43.2 Å². The van der Waals surface area contributed by atoms with Crippen LogP contribution in [0.15, 0.2) is 5.11 Å². The molecule has 8 heteroatoms. The minimum Gasteiger partial charge on any atom is -0.444 e. The molecule has 0 bridgehead atoms. The van der Waals surface area contributed by atoms with Gasteiger partial charge in [-0.1, -0.05) is 5.11 Å². The summed E-state index contributed by atoms with van der Waals surface area (Å²) in [7, 11) is 0. The Labute approximate surface area is 136 Å². The van der Waals surface area contributed by atoms with Gasteiger partial charge in [-0.15, -0.1) is 0 Å². The molecule has 0 aromatic rings. The molecule has 3 atom stereocenters. The van der Waals surface area contributed by atoms with Crippen LogP contribution in [0, 0.1) is 0 Å². The van der Waals surface area contributed by atoms with E-state index >= 15 is 0 Å². The van der Waals surface area contributed by atoms with Crippen molar-refractivity contribution in [3.8, 4) is 0 Å². The first kappa shape index (κ1) is 17.8. The van der Waals surface area contributed by atoms with Crippen LogP contribution in [0.5, 0.6) is 0 Å². The summed E-state index contributed by atoms with van der Waals surface area (Å²) in [4.78, 5) is 18.6. The molecule has 1 amide bonds. The Kier molecular flexibility index (Phi) is 5.70. The van der Waals surface area contributed by atoms with Crippen molar-refractivity contribution in [1.29, 1.82) is 0 Å². The van der Waals surface area contributed by atoms with Crippen molar-refractivity contribution in [2.24, 2.45) is 5.11 Å². The summed E-state index contributed by atoms with van der Waals surface area (Å²) in [5.41, 5.74) is 7.96. The Morgan fingerprint density at radius 3 is 2.43 bits per heavy atom. The Morgan fingerprint density at radius 2 is 1.91 bits per heavy atom. The van der Waals surface area contributed by atoms with Gasteiger partial charge in [0.15, 0.2) is 0 Å². The third kappa shape index (κ3) is 4.97. The van der Waals surface area contributed by atoms with Crippen LogP contribution >= 0.6 is 0 Å². The highest BCUT2D eigenvalue weighted by Gasteiger charge is 2.36. The maximum atomic E-state index is 14.4. The number of halogens is 1. The van der Waals surface area contributed by atoms with E-state index in [1.807, 2.05) is 20.8 Å². The highest BCUT2D eigenvalue weighted by Crippen LogP contribution is 2.28. The van der Waals surface area contributed by atoms with E-state index in [4.69, 9.17) is 10.3 Å². The molecule has 0 N–H and O–H groups in total. The van der Waals surface area contributed by atoms with Crippen LogP contribution in [0.25, 0.3) is 10.4 Å². The van der Waals surface area contributed by atoms with Gasteiger partial charge in [-0.2, -0.15) is 0 Å². The van der Waals surface area contributed by atoms with Gasteiger partial charge in [-0.25, -0.2) is 9.18 Å². The lowest BCUT2D eigenvalue weighted by Gasteiger charge is -2.42. The van der Waals surface area contributed by atoms with Crippen LogP contribution in [0.2, 0.25) is 0 Å². The standard InChI is InChI=1S/C15H26FN5O2/c1-15(2,3)23-14(22)21-8-6-20(7-9-21)13-5-4-11(18-19-17)10-12(13)16/h11-13H,4-10H2,1-3H3. The fourth-order valence-corrected chi connectivity index (χ4v) is 3.23. The molecule has 0 spiro atoms. The lowest BCUT2D eigenvalue weighted by molar-refractivity contribution is -0.00137. The van der Waals surface area contributed by atoms with E-state index in [2.05, 4.69) is 14.9 Å². The van der Waals surface area contributed by atoms with Crippen LogP contribution in [-0.2, 0) is 4.74 Å². The van der Waals surface area contributed by atoms with Crippen molar-refractivity contribution < 1.29 is 13.9 Å². The van der Waals surface area contributed by atoms with Gasteiger partial charge in [0.1, 0.15) is 11.8 Å². The summed E-state index contributed by atoms with van der Waals surface area (Å²) >= 11 is 0. The number of alkyl halides is 1. The second-order valence-corrected chi connectivity index (χ2v) is 7.26. The molecule has 0 aromatic carbocycles. The Bertz CT molecular complexity index is 467. The molecule has 0 radical (unpaired) electrons. The van der Waals surface area contributed by atoms with E-state index in [0.717, 1.165) is 6.42 Å². The Balaban J connectivity index is 1.83. The number of hydrogen-bond acceptors (Lipinski definition) is 4. The van der Waals surface area contributed by atoms with Crippen molar-refractivity contribution in [2.75, 3.05) is 26.2 Å². The zero-order valence-electron chi connectivity index (χ0n) is 14.1. The fourth-order valence-electron chi connectivity index (χ4n) is 3.23. The number of azide groups is 1. The van der Waals surface area contributed by atoms with Crippen molar-refractivity contribution >= 4 is 6.09 Å². The van der Waals surface area contributed by atoms with Gasteiger partial charge in [0.25, 0.3) is 0 Å².